The number of carboxylic acid groups (broad SMARTS) is 1. The largest absolute Gasteiger partial charge is 0.465 e. The molecule has 2 aromatic rings. The Morgan fingerprint density at radius 1 is 1.38 bits per heavy atom. The van der Waals surface area contributed by atoms with Crippen molar-refractivity contribution in [2.75, 3.05) is 5.32 Å². The van der Waals surface area contributed by atoms with Gasteiger partial charge < -0.3 is 5.11 Å². The first-order chi connectivity index (χ1) is 11.4. The molecule has 1 atom stereocenters. The molecular formula is C15H14N4O5. The third-order valence-corrected chi connectivity index (χ3v) is 3.87. The lowest BCUT2D eigenvalue weighted by Crippen LogP contribution is -2.45. The normalized spacial score (nSPS) is 17.6. The lowest BCUT2D eigenvalue weighted by atomic mass is 10.1. The molecule has 9 heteroatoms. The first kappa shape index (κ1) is 15.7. The smallest absolute Gasteiger partial charge is 0.409 e. The van der Waals surface area contributed by atoms with Gasteiger partial charge in [0.1, 0.15) is 11.9 Å². The van der Waals surface area contributed by atoms with Crippen LogP contribution in [0.5, 0.6) is 0 Å². The number of aryl methyl sites for hydroxylation is 1. The monoisotopic (exact) mass is 330 g/mol. The number of fused-ring (bicyclic) bond motifs is 1. The Morgan fingerprint density at radius 2 is 2.12 bits per heavy atom. The summed E-state index contributed by atoms with van der Waals surface area (Å²) in [6.45, 7) is 1.59. The lowest BCUT2D eigenvalue weighted by Gasteiger charge is -2.24. The van der Waals surface area contributed by atoms with Gasteiger partial charge in [0.15, 0.2) is 0 Å². The van der Waals surface area contributed by atoms with E-state index in [4.69, 9.17) is 5.11 Å². The molecule has 1 aromatic carbocycles. The average molecular weight is 330 g/mol. The zero-order valence-corrected chi connectivity index (χ0v) is 12.7. The minimum atomic E-state index is -1.31. The van der Waals surface area contributed by atoms with Crippen LogP contribution in [0.3, 0.4) is 0 Å². The second-order valence-electron chi connectivity index (χ2n) is 5.43. The maximum absolute atomic E-state index is 12.9. The topological polar surface area (TPSA) is 130 Å². The van der Waals surface area contributed by atoms with E-state index in [1.54, 1.807) is 19.1 Å². The number of anilines is 1. The van der Waals surface area contributed by atoms with Gasteiger partial charge in [0.05, 0.1) is 16.6 Å². The second-order valence-corrected chi connectivity index (χ2v) is 5.43. The van der Waals surface area contributed by atoms with Crippen LogP contribution in [0.25, 0.3) is 10.9 Å². The third-order valence-electron chi connectivity index (χ3n) is 3.87. The van der Waals surface area contributed by atoms with Crippen molar-refractivity contribution < 1.29 is 19.5 Å². The molecule has 24 heavy (non-hydrogen) atoms. The van der Waals surface area contributed by atoms with Crippen molar-refractivity contribution in [2.24, 2.45) is 0 Å². The van der Waals surface area contributed by atoms with E-state index in [9.17, 15) is 19.2 Å². The highest BCUT2D eigenvalue weighted by Crippen LogP contribution is 2.23. The predicted octanol–water partition coefficient (Wildman–Crippen LogP) is 0.773. The molecule has 1 aromatic heterocycles. The van der Waals surface area contributed by atoms with E-state index in [0.29, 0.717) is 11.3 Å². The SMILES string of the molecule is Cc1nc2cccc(NC(=O)O)c2c(=O)n1C1CCC(=O)NC1=O. The summed E-state index contributed by atoms with van der Waals surface area (Å²) in [5.74, 6) is -0.639. The predicted molar refractivity (Wildman–Crippen MR) is 83.8 cm³/mol. The summed E-state index contributed by atoms with van der Waals surface area (Å²) in [6, 6.07) is 3.76. The summed E-state index contributed by atoms with van der Waals surface area (Å²) < 4.78 is 1.21. The Morgan fingerprint density at radius 3 is 2.79 bits per heavy atom. The number of amides is 3. The molecule has 0 spiro atoms. The van der Waals surface area contributed by atoms with Crippen molar-refractivity contribution in [3.8, 4) is 0 Å². The van der Waals surface area contributed by atoms with Crippen molar-refractivity contribution in [2.45, 2.75) is 25.8 Å². The summed E-state index contributed by atoms with van der Waals surface area (Å²) in [6.07, 6.45) is -1.00. The van der Waals surface area contributed by atoms with Gasteiger partial charge in [0, 0.05) is 6.42 Å². The van der Waals surface area contributed by atoms with E-state index in [1.165, 1.54) is 10.6 Å². The molecule has 3 amide bonds. The third kappa shape index (κ3) is 2.60. The molecule has 3 N–H and O–H groups in total. The van der Waals surface area contributed by atoms with Crippen LogP contribution in [-0.4, -0.2) is 32.6 Å². The lowest BCUT2D eigenvalue weighted by molar-refractivity contribution is -0.135. The molecule has 0 saturated carbocycles. The molecule has 1 aliphatic rings. The molecule has 0 aliphatic carbocycles. The van der Waals surface area contributed by atoms with Gasteiger partial charge in [-0.2, -0.15) is 0 Å². The Kier molecular flexibility index (Phi) is 3.76. The minimum absolute atomic E-state index is 0.0789. The van der Waals surface area contributed by atoms with Crippen molar-refractivity contribution >= 4 is 34.5 Å². The first-order valence-corrected chi connectivity index (χ1v) is 7.24. The van der Waals surface area contributed by atoms with E-state index >= 15 is 0 Å². The van der Waals surface area contributed by atoms with Crippen LogP contribution >= 0.6 is 0 Å². The fourth-order valence-electron chi connectivity index (χ4n) is 2.87. The van der Waals surface area contributed by atoms with E-state index in [2.05, 4.69) is 15.6 Å². The molecule has 1 saturated heterocycles. The maximum atomic E-state index is 12.9. The van der Waals surface area contributed by atoms with Crippen LogP contribution in [0, 0.1) is 6.92 Å². The number of hydrogen-bond donors (Lipinski definition) is 3. The number of imide groups is 1. The molecule has 9 nitrogen and oxygen atoms in total. The number of piperidine rings is 1. The van der Waals surface area contributed by atoms with Crippen molar-refractivity contribution in [1.29, 1.82) is 0 Å². The van der Waals surface area contributed by atoms with Crippen LogP contribution in [0.15, 0.2) is 23.0 Å². The van der Waals surface area contributed by atoms with Gasteiger partial charge in [-0.05, 0) is 25.5 Å². The highest BCUT2D eigenvalue weighted by Gasteiger charge is 2.30. The molecular weight excluding hydrogens is 316 g/mol. The molecule has 1 aliphatic heterocycles. The Labute approximate surface area is 135 Å². The molecule has 0 radical (unpaired) electrons. The van der Waals surface area contributed by atoms with E-state index in [0.717, 1.165) is 0 Å². The number of aromatic nitrogens is 2. The second kappa shape index (κ2) is 5.76. The Balaban J connectivity index is 2.22. The zero-order valence-electron chi connectivity index (χ0n) is 12.7. The Bertz CT molecular complexity index is 933. The maximum Gasteiger partial charge on any atom is 0.409 e. The molecule has 0 bridgehead atoms. The van der Waals surface area contributed by atoms with Gasteiger partial charge in [-0.15, -0.1) is 0 Å². The van der Waals surface area contributed by atoms with Gasteiger partial charge in [0.25, 0.3) is 5.56 Å². The van der Waals surface area contributed by atoms with Crippen LogP contribution in [0.1, 0.15) is 24.7 Å². The molecule has 2 heterocycles. The quantitative estimate of drug-likeness (QED) is 0.697. The number of hydrogen-bond acceptors (Lipinski definition) is 5. The number of carbonyl (C=O) groups excluding carboxylic acids is 2. The fourth-order valence-corrected chi connectivity index (χ4v) is 2.87. The van der Waals surface area contributed by atoms with Crippen LogP contribution in [0.4, 0.5) is 10.5 Å². The van der Waals surface area contributed by atoms with Gasteiger partial charge in [-0.25, -0.2) is 9.78 Å². The molecule has 3 rings (SSSR count). The van der Waals surface area contributed by atoms with Gasteiger partial charge >= 0.3 is 6.09 Å². The fraction of sp³-hybridized carbons (Fsp3) is 0.267. The number of nitrogens with zero attached hydrogens (tertiary/aromatic N) is 2. The summed E-state index contributed by atoms with van der Waals surface area (Å²) >= 11 is 0. The average Bonchev–Trinajstić information content (AvgIpc) is 2.48. The molecule has 1 fully saturated rings. The molecule has 1 unspecified atom stereocenters. The number of benzene rings is 1. The van der Waals surface area contributed by atoms with E-state index in [1.807, 2.05) is 0 Å². The summed E-state index contributed by atoms with van der Waals surface area (Å²) in [7, 11) is 0. The zero-order chi connectivity index (χ0) is 17.4. The summed E-state index contributed by atoms with van der Waals surface area (Å²) in [5.41, 5.74) is -0.109. The van der Waals surface area contributed by atoms with E-state index < -0.39 is 23.6 Å². The van der Waals surface area contributed by atoms with Gasteiger partial charge in [-0.3, -0.25) is 29.6 Å². The van der Waals surface area contributed by atoms with Gasteiger partial charge in [-0.1, -0.05) is 6.07 Å². The standard InChI is InChI=1S/C15H14N4O5/c1-7-16-8-3-2-4-9(17-15(23)24)12(8)14(22)19(7)10-5-6-11(20)18-13(10)21/h2-4,10,17H,5-6H2,1H3,(H,23,24)(H,18,20,21). The number of carbonyl (C=O) groups is 3. The highest BCUT2D eigenvalue weighted by atomic mass is 16.4. The highest BCUT2D eigenvalue weighted by molar-refractivity contribution is 6.00. The van der Waals surface area contributed by atoms with E-state index in [-0.39, 0.29) is 29.8 Å². The molecule has 124 valence electrons. The van der Waals surface area contributed by atoms with Crippen molar-refractivity contribution in [3.05, 3.63) is 34.4 Å². The van der Waals surface area contributed by atoms with Crippen molar-refractivity contribution in [1.82, 2.24) is 14.9 Å². The number of rotatable bonds is 2. The number of nitrogens with one attached hydrogen (secondary N) is 2. The van der Waals surface area contributed by atoms with Gasteiger partial charge in [0.2, 0.25) is 11.8 Å². The van der Waals surface area contributed by atoms with Crippen LogP contribution in [-0.2, 0) is 9.59 Å². The minimum Gasteiger partial charge on any atom is -0.465 e. The summed E-state index contributed by atoms with van der Waals surface area (Å²) in [4.78, 5) is 51.5. The van der Waals surface area contributed by atoms with Crippen molar-refractivity contribution in [3.63, 3.8) is 0 Å². The van der Waals surface area contributed by atoms with Crippen LogP contribution in [0.2, 0.25) is 0 Å². The first-order valence-electron chi connectivity index (χ1n) is 7.24. The van der Waals surface area contributed by atoms with Crippen LogP contribution < -0.4 is 16.2 Å². The summed E-state index contributed by atoms with van der Waals surface area (Å²) in [5, 5.41) is 13.4. The Hall–Kier alpha value is -3.23.